The van der Waals surface area contributed by atoms with Gasteiger partial charge in [0.25, 0.3) is 0 Å². The summed E-state index contributed by atoms with van der Waals surface area (Å²) in [6.45, 7) is 4.91. The van der Waals surface area contributed by atoms with Gasteiger partial charge in [0, 0.05) is 12.7 Å². The molecule has 0 radical (unpaired) electrons. The fourth-order valence-electron chi connectivity index (χ4n) is 3.83. The Labute approximate surface area is 177 Å². The normalized spacial score (nSPS) is 31.1. The fraction of sp³-hybridized carbons (Fsp3) is 0.417. The standard InChI is InChI=1S/C24H28O6/c1-3-14-26-22-21(27-15-17-10-6-4-7-11-17)20-19(29-24(22)25-2)16-28-23(30-20)18-12-8-5-9-13-18/h3-13,19-24H,1,14-16H2,2H3/t19-,20-,21+,22-,23+,24-/m0/s1. The van der Waals surface area contributed by atoms with Gasteiger partial charge in [-0.1, -0.05) is 66.7 Å². The van der Waals surface area contributed by atoms with E-state index in [0.29, 0.717) is 19.8 Å². The molecule has 6 atom stereocenters. The van der Waals surface area contributed by atoms with Gasteiger partial charge in [0.2, 0.25) is 0 Å². The average molecular weight is 412 g/mol. The molecule has 2 heterocycles. The Kier molecular flexibility index (Phi) is 7.28. The van der Waals surface area contributed by atoms with Crippen molar-refractivity contribution in [1.82, 2.24) is 0 Å². The van der Waals surface area contributed by atoms with Gasteiger partial charge in [-0.3, -0.25) is 0 Å². The van der Waals surface area contributed by atoms with Crippen molar-refractivity contribution in [2.75, 3.05) is 20.3 Å². The van der Waals surface area contributed by atoms with Gasteiger partial charge in [0.15, 0.2) is 12.6 Å². The SMILES string of the molecule is C=CCO[C@@H]1[C@@H](OC)O[C@H]2CO[C@@H](c3ccccc3)O[C@@H]2[C@H]1OCc1ccccc1. The van der Waals surface area contributed by atoms with Crippen molar-refractivity contribution in [3.05, 3.63) is 84.4 Å². The number of hydrogen-bond acceptors (Lipinski definition) is 6. The zero-order chi connectivity index (χ0) is 20.8. The number of rotatable bonds is 8. The van der Waals surface area contributed by atoms with E-state index >= 15 is 0 Å². The Morgan fingerprint density at radius 2 is 1.70 bits per heavy atom. The second-order valence-corrected chi connectivity index (χ2v) is 7.30. The lowest BCUT2D eigenvalue weighted by Crippen LogP contribution is -2.63. The molecule has 2 aromatic rings. The van der Waals surface area contributed by atoms with Crippen molar-refractivity contribution in [2.24, 2.45) is 0 Å². The first-order valence-corrected chi connectivity index (χ1v) is 10.2. The summed E-state index contributed by atoms with van der Waals surface area (Å²) in [7, 11) is 1.60. The van der Waals surface area contributed by atoms with Crippen LogP contribution in [0.15, 0.2) is 73.3 Å². The van der Waals surface area contributed by atoms with Crippen LogP contribution in [0.5, 0.6) is 0 Å². The molecular weight excluding hydrogens is 384 g/mol. The van der Waals surface area contributed by atoms with Gasteiger partial charge in [-0.05, 0) is 5.56 Å². The first-order valence-electron chi connectivity index (χ1n) is 10.2. The number of methoxy groups -OCH3 is 1. The van der Waals surface area contributed by atoms with E-state index in [9.17, 15) is 0 Å². The van der Waals surface area contributed by atoms with E-state index in [1.165, 1.54) is 0 Å². The van der Waals surface area contributed by atoms with Crippen LogP contribution < -0.4 is 0 Å². The number of fused-ring (bicyclic) bond motifs is 1. The van der Waals surface area contributed by atoms with Gasteiger partial charge < -0.3 is 28.4 Å². The van der Waals surface area contributed by atoms with Gasteiger partial charge in [-0.25, -0.2) is 0 Å². The summed E-state index contributed by atoms with van der Waals surface area (Å²) in [5.74, 6) is 0. The van der Waals surface area contributed by atoms with Crippen LogP contribution in [0, 0.1) is 0 Å². The van der Waals surface area contributed by atoms with Crippen LogP contribution in [0.3, 0.4) is 0 Å². The molecule has 160 valence electrons. The average Bonchev–Trinajstić information content (AvgIpc) is 2.82. The Bertz CT molecular complexity index is 783. The summed E-state index contributed by atoms with van der Waals surface area (Å²) in [6.07, 6.45) is -0.930. The molecule has 2 aliphatic heterocycles. The molecule has 30 heavy (non-hydrogen) atoms. The van der Waals surface area contributed by atoms with E-state index in [0.717, 1.165) is 11.1 Å². The molecule has 2 fully saturated rings. The molecule has 6 nitrogen and oxygen atoms in total. The molecule has 6 heteroatoms. The molecule has 2 aromatic carbocycles. The molecule has 0 spiro atoms. The van der Waals surface area contributed by atoms with E-state index < -0.39 is 24.8 Å². The Balaban J connectivity index is 1.56. The smallest absolute Gasteiger partial charge is 0.186 e. The van der Waals surface area contributed by atoms with E-state index in [-0.39, 0.29) is 12.2 Å². The highest BCUT2D eigenvalue weighted by molar-refractivity contribution is 5.17. The molecule has 0 bridgehead atoms. The van der Waals surface area contributed by atoms with E-state index in [1.807, 2.05) is 60.7 Å². The minimum Gasteiger partial charge on any atom is -0.368 e. The van der Waals surface area contributed by atoms with Crippen LogP contribution in [-0.4, -0.2) is 51.0 Å². The third-order valence-corrected chi connectivity index (χ3v) is 5.28. The van der Waals surface area contributed by atoms with E-state index in [2.05, 4.69) is 6.58 Å². The monoisotopic (exact) mass is 412 g/mol. The maximum atomic E-state index is 6.36. The predicted octanol–water partition coefficient (Wildman–Crippen LogP) is 3.63. The van der Waals surface area contributed by atoms with E-state index in [1.54, 1.807) is 13.2 Å². The third kappa shape index (κ3) is 4.81. The predicted molar refractivity (Wildman–Crippen MR) is 111 cm³/mol. The van der Waals surface area contributed by atoms with Crippen molar-refractivity contribution < 1.29 is 28.4 Å². The minimum atomic E-state index is -0.590. The van der Waals surface area contributed by atoms with Crippen molar-refractivity contribution in [3.63, 3.8) is 0 Å². The van der Waals surface area contributed by atoms with Gasteiger partial charge >= 0.3 is 0 Å². The van der Waals surface area contributed by atoms with E-state index in [4.69, 9.17) is 28.4 Å². The maximum Gasteiger partial charge on any atom is 0.186 e. The topological polar surface area (TPSA) is 55.4 Å². The van der Waals surface area contributed by atoms with Crippen molar-refractivity contribution >= 4 is 0 Å². The van der Waals surface area contributed by atoms with Crippen LogP contribution >= 0.6 is 0 Å². The van der Waals surface area contributed by atoms with Crippen LogP contribution in [0.1, 0.15) is 17.4 Å². The van der Waals surface area contributed by atoms with Crippen LogP contribution in [0.2, 0.25) is 0 Å². The maximum absolute atomic E-state index is 6.36. The lowest BCUT2D eigenvalue weighted by Gasteiger charge is -2.48. The zero-order valence-corrected chi connectivity index (χ0v) is 17.1. The molecule has 0 aromatic heterocycles. The zero-order valence-electron chi connectivity index (χ0n) is 17.1. The first-order chi connectivity index (χ1) is 14.8. The molecule has 0 aliphatic carbocycles. The quantitative estimate of drug-likeness (QED) is 0.617. The molecule has 0 saturated carbocycles. The molecule has 0 N–H and O–H groups in total. The van der Waals surface area contributed by atoms with Crippen molar-refractivity contribution in [2.45, 2.75) is 43.6 Å². The van der Waals surface area contributed by atoms with Gasteiger partial charge in [-0.15, -0.1) is 6.58 Å². The number of benzene rings is 2. The summed E-state index contributed by atoms with van der Waals surface area (Å²) in [5, 5.41) is 0. The molecule has 2 saturated heterocycles. The highest BCUT2D eigenvalue weighted by atomic mass is 16.8. The van der Waals surface area contributed by atoms with Gasteiger partial charge in [-0.2, -0.15) is 0 Å². The number of ether oxygens (including phenoxy) is 6. The van der Waals surface area contributed by atoms with Gasteiger partial charge in [0.05, 0.1) is 19.8 Å². The van der Waals surface area contributed by atoms with Crippen molar-refractivity contribution in [1.29, 1.82) is 0 Å². The van der Waals surface area contributed by atoms with Crippen LogP contribution in [-0.2, 0) is 35.0 Å². The molecular formula is C24H28O6. The summed E-state index contributed by atoms with van der Waals surface area (Å²) in [5.41, 5.74) is 2.03. The molecule has 4 rings (SSSR count). The summed E-state index contributed by atoms with van der Waals surface area (Å²) < 4.78 is 36.3. The van der Waals surface area contributed by atoms with Crippen LogP contribution in [0.4, 0.5) is 0 Å². The second kappa shape index (κ2) is 10.3. The summed E-state index contributed by atoms with van der Waals surface area (Å²) >= 11 is 0. The number of hydrogen-bond donors (Lipinski definition) is 0. The molecule has 0 unspecified atom stereocenters. The lowest BCUT2D eigenvalue weighted by molar-refractivity contribution is -0.367. The fourth-order valence-corrected chi connectivity index (χ4v) is 3.83. The first kappa shape index (κ1) is 21.2. The van der Waals surface area contributed by atoms with Gasteiger partial charge in [0.1, 0.15) is 24.4 Å². The summed E-state index contributed by atoms with van der Waals surface area (Å²) in [6, 6.07) is 19.9. The lowest BCUT2D eigenvalue weighted by atomic mass is 9.97. The largest absolute Gasteiger partial charge is 0.368 e. The minimum absolute atomic E-state index is 0.320. The summed E-state index contributed by atoms with van der Waals surface area (Å²) in [4.78, 5) is 0. The molecule has 0 amide bonds. The Morgan fingerprint density at radius 1 is 0.967 bits per heavy atom. The third-order valence-electron chi connectivity index (χ3n) is 5.28. The van der Waals surface area contributed by atoms with Crippen molar-refractivity contribution in [3.8, 4) is 0 Å². The highest BCUT2D eigenvalue weighted by Gasteiger charge is 2.51. The molecule has 2 aliphatic rings. The Hall–Kier alpha value is -2.06. The second-order valence-electron chi connectivity index (χ2n) is 7.30. The Morgan fingerprint density at radius 3 is 2.40 bits per heavy atom. The van der Waals surface area contributed by atoms with Crippen LogP contribution in [0.25, 0.3) is 0 Å². The highest BCUT2D eigenvalue weighted by Crippen LogP contribution is 2.36.